The number of thiocarbonyl (C=S) groups is 2. The Bertz CT molecular complexity index is 2570. The Labute approximate surface area is 356 Å². The van der Waals surface area contributed by atoms with Crippen LogP contribution in [0, 0.1) is 50.0 Å². The number of carbonyl (C=O) groups excluding carboxylic acids is 3. The highest BCUT2D eigenvalue weighted by atomic mass is 32.1. The topological polar surface area (TPSA) is 164 Å². The molecule has 2 aromatic carbocycles. The Kier molecular flexibility index (Phi) is 13.7. The molecule has 0 radical (unpaired) electrons. The summed E-state index contributed by atoms with van der Waals surface area (Å²) in [6.07, 6.45) is 7.52. The van der Waals surface area contributed by atoms with Crippen LogP contribution in [0.25, 0.3) is 9.69 Å². The van der Waals surface area contributed by atoms with E-state index in [4.69, 9.17) is 30.6 Å². The third-order valence-corrected chi connectivity index (χ3v) is 10.7. The van der Waals surface area contributed by atoms with Gasteiger partial charge < -0.3 is 30.5 Å². The molecule has 2 aromatic heterocycles. The third-order valence-electron chi connectivity index (χ3n) is 10.2. The number of hydrogen-bond acceptors (Lipinski definition) is 10. The third kappa shape index (κ3) is 8.84. The SMILES string of the molecule is CNC(=O)c1ccc(NC2(C#N)CCC2)cc1F.[C-]#[N+]c1ncc(N2C(=O)C3(CCC3)N(c3ccc(C(=O)NC)c(F)c3)C2=S)cc1C.[C-]#[N+]c1ncc(N=C=S)cc1C. The molecule has 0 unspecified atom stereocenters. The van der Waals surface area contributed by atoms with Crippen LogP contribution in [-0.2, 0) is 4.79 Å². The Hall–Kier alpha value is -7.03. The molecule has 3 aliphatic rings. The molecule has 1 spiro atoms. The Morgan fingerprint density at radius 3 is 1.88 bits per heavy atom. The van der Waals surface area contributed by atoms with Gasteiger partial charge in [0.15, 0.2) is 5.11 Å². The number of nitrogens with zero attached hydrogens (tertiary/aromatic N) is 8. The van der Waals surface area contributed by atoms with E-state index in [2.05, 4.69) is 64.0 Å². The summed E-state index contributed by atoms with van der Waals surface area (Å²) in [6.45, 7) is 17.5. The molecule has 2 aliphatic carbocycles. The summed E-state index contributed by atoms with van der Waals surface area (Å²) in [4.78, 5) is 58.0. The lowest BCUT2D eigenvalue weighted by molar-refractivity contribution is -0.123. The molecule has 18 heteroatoms. The molecular weight excluding hydrogens is 809 g/mol. The highest BCUT2D eigenvalue weighted by Gasteiger charge is 2.59. The van der Waals surface area contributed by atoms with Crippen molar-refractivity contribution in [2.24, 2.45) is 4.99 Å². The first-order valence-corrected chi connectivity index (χ1v) is 19.2. The molecule has 2 saturated carbocycles. The highest BCUT2D eigenvalue weighted by molar-refractivity contribution is 7.81. The first-order chi connectivity index (χ1) is 28.7. The number of anilines is 3. The van der Waals surface area contributed by atoms with Crippen LogP contribution in [0.1, 0.15) is 70.4 Å². The number of aryl methyl sites for hydroxylation is 2. The van der Waals surface area contributed by atoms with Gasteiger partial charge in [0.2, 0.25) is 0 Å². The van der Waals surface area contributed by atoms with Crippen molar-refractivity contribution in [2.45, 2.75) is 63.5 Å². The number of nitriles is 1. The number of aromatic nitrogens is 2. The van der Waals surface area contributed by atoms with Crippen molar-refractivity contribution in [1.82, 2.24) is 20.6 Å². The quantitative estimate of drug-likeness (QED) is 0.0938. The predicted molar refractivity (Wildman–Crippen MR) is 230 cm³/mol. The number of hydrogen-bond donors (Lipinski definition) is 3. The van der Waals surface area contributed by atoms with E-state index in [1.165, 1.54) is 55.7 Å². The molecule has 14 nitrogen and oxygen atoms in total. The zero-order valence-electron chi connectivity index (χ0n) is 32.9. The van der Waals surface area contributed by atoms with Gasteiger partial charge in [-0.05, 0) is 136 Å². The van der Waals surface area contributed by atoms with Gasteiger partial charge in [0.1, 0.15) is 40.8 Å². The van der Waals surface area contributed by atoms with E-state index < -0.39 is 34.5 Å². The van der Waals surface area contributed by atoms with Gasteiger partial charge in [-0.3, -0.25) is 19.3 Å². The van der Waals surface area contributed by atoms with Crippen LogP contribution in [0.5, 0.6) is 0 Å². The monoisotopic (exact) mass is 845 g/mol. The van der Waals surface area contributed by atoms with E-state index in [9.17, 15) is 23.2 Å². The lowest BCUT2D eigenvalue weighted by Crippen LogP contribution is -2.55. The summed E-state index contributed by atoms with van der Waals surface area (Å²) in [5, 5.41) is 19.3. The van der Waals surface area contributed by atoms with Gasteiger partial charge in [-0.1, -0.05) is 13.1 Å². The lowest BCUT2D eigenvalue weighted by atomic mass is 9.75. The van der Waals surface area contributed by atoms with Gasteiger partial charge in [0.05, 0.1) is 28.0 Å². The van der Waals surface area contributed by atoms with Gasteiger partial charge in [0.25, 0.3) is 29.4 Å². The molecule has 3 amide bonds. The summed E-state index contributed by atoms with van der Waals surface area (Å²) >= 11 is 10.1. The summed E-state index contributed by atoms with van der Waals surface area (Å²) in [5.74, 6) is -1.79. The summed E-state index contributed by atoms with van der Waals surface area (Å²) in [5.41, 5.74) is 1.99. The second-order valence-corrected chi connectivity index (χ2v) is 14.5. The van der Waals surface area contributed by atoms with Crippen molar-refractivity contribution in [2.75, 3.05) is 29.2 Å². The average Bonchev–Trinajstić information content (AvgIpc) is 3.45. The summed E-state index contributed by atoms with van der Waals surface area (Å²) in [6, 6.07) is 14.2. The van der Waals surface area contributed by atoms with Crippen molar-refractivity contribution in [3.63, 3.8) is 0 Å². The Morgan fingerprint density at radius 2 is 1.43 bits per heavy atom. The van der Waals surface area contributed by atoms with E-state index in [1.54, 1.807) is 36.1 Å². The maximum Gasteiger partial charge on any atom is 0.272 e. The van der Waals surface area contributed by atoms with Crippen LogP contribution < -0.4 is 25.8 Å². The molecule has 0 bridgehead atoms. The minimum absolute atomic E-state index is 0.00247. The van der Waals surface area contributed by atoms with Crippen LogP contribution in [0.3, 0.4) is 0 Å². The van der Waals surface area contributed by atoms with Gasteiger partial charge in [-0.2, -0.15) is 10.3 Å². The zero-order chi connectivity index (χ0) is 43.8. The van der Waals surface area contributed by atoms with Crippen LogP contribution >= 0.6 is 24.4 Å². The standard InChI is InChI=1S/C21H18FN5O2S.C13H14FN3O.C8H5N3S/c1-12-9-14(11-25-17(12)23-2)26-19(29)21(7-4-8-21)27(20(26)30)13-5-6-15(16(22)10-13)18(28)24-3;1-16-12(18)10-4-3-9(7-11(10)14)17-13(8-15)5-2-6-13;1-6-3-7(11-5-12)4-10-8(6)9-2/h5-6,9-11H,4,7-8H2,1,3H3,(H,24,28);3-4,7,17H,2,5-6H2,1H3,(H,16,18);3-4H,1H3. The molecule has 0 atom stereocenters. The zero-order valence-corrected chi connectivity index (χ0v) is 34.5. The molecular formula is C42H37F2N11O3S2. The summed E-state index contributed by atoms with van der Waals surface area (Å²) in [7, 11) is 2.88. The normalized spacial score (nSPS) is 15.1. The number of nitrogens with one attached hydrogen (secondary N) is 3. The fourth-order valence-electron chi connectivity index (χ4n) is 6.73. The highest BCUT2D eigenvalue weighted by Crippen LogP contribution is 2.48. The van der Waals surface area contributed by atoms with Crippen LogP contribution in [0.4, 0.5) is 43.2 Å². The minimum Gasteiger partial charge on any atom is -0.367 e. The van der Waals surface area contributed by atoms with E-state index >= 15 is 0 Å². The Morgan fingerprint density at radius 1 is 0.867 bits per heavy atom. The van der Waals surface area contributed by atoms with E-state index in [1.807, 2.05) is 6.92 Å². The molecule has 7 rings (SSSR count). The van der Waals surface area contributed by atoms with Gasteiger partial charge in [0, 0.05) is 25.5 Å². The van der Waals surface area contributed by atoms with Gasteiger partial charge >= 0.3 is 0 Å². The molecule has 60 heavy (non-hydrogen) atoms. The first kappa shape index (κ1) is 44.1. The second-order valence-electron chi connectivity index (χ2n) is 13.9. The number of amides is 3. The molecule has 1 saturated heterocycles. The van der Waals surface area contributed by atoms with Crippen molar-refractivity contribution in [1.29, 1.82) is 5.26 Å². The largest absolute Gasteiger partial charge is 0.367 e. The predicted octanol–water partition coefficient (Wildman–Crippen LogP) is 8.22. The van der Waals surface area contributed by atoms with Gasteiger partial charge in [-0.25, -0.2) is 8.78 Å². The molecule has 3 heterocycles. The average molecular weight is 846 g/mol. The van der Waals surface area contributed by atoms with Crippen LogP contribution in [0.2, 0.25) is 0 Å². The van der Waals surface area contributed by atoms with E-state index in [-0.39, 0.29) is 28.0 Å². The number of pyridine rings is 2. The Balaban J connectivity index is 0.000000192. The fourth-order valence-corrected chi connectivity index (χ4v) is 7.30. The van der Waals surface area contributed by atoms with E-state index in [0.29, 0.717) is 47.0 Å². The van der Waals surface area contributed by atoms with E-state index in [0.717, 1.165) is 31.2 Å². The van der Waals surface area contributed by atoms with Crippen LogP contribution in [-0.4, -0.2) is 63.1 Å². The van der Waals surface area contributed by atoms with Crippen molar-refractivity contribution >= 4 is 86.8 Å². The summed E-state index contributed by atoms with van der Waals surface area (Å²) < 4.78 is 28.3. The number of rotatable bonds is 7. The maximum atomic E-state index is 14.6. The smallest absolute Gasteiger partial charge is 0.272 e. The second kappa shape index (κ2) is 18.7. The number of benzene rings is 2. The number of halogens is 2. The number of aliphatic imine (C=N–C) groups is 1. The fraction of sp³-hybridized carbons (Fsp3) is 0.286. The van der Waals surface area contributed by atoms with Crippen molar-refractivity contribution in [3.8, 4) is 6.07 Å². The lowest BCUT2D eigenvalue weighted by Gasteiger charge is -2.43. The number of isothiocyanates is 1. The molecule has 3 fully saturated rings. The molecule has 304 valence electrons. The maximum absolute atomic E-state index is 14.6. The number of carbonyl (C=O) groups is 3. The minimum atomic E-state index is -0.871. The molecule has 3 N–H and O–H groups in total. The van der Waals surface area contributed by atoms with Crippen molar-refractivity contribution < 1.29 is 23.2 Å². The van der Waals surface area contributed by atoms with Gasteiger partial charge in [-0.15, -0.1) is 9.97 Å². The molecule has 4 aromatic rings. The first-order valence-electron chi connectivity index (χ1n) is 18.4. The molecule has 1 aliphatic heterocycles. The van der Waals surface area contributed by atoms with Crippen molar-refractivity contribution in [3.05, 3.63) is 118 Å². The van der Waals surface area contributed by atoms with Crippen LogP contribution in [0.15, 0.2) is 65.9 Å².